The number of hydrogen-bond donors (Lipinski definition) is 0. The van der Waals surface area contributed by atoms with Crippen LogP contribution in [0.15, 0.2) is 106 Å². The third-order valence-corrected chi connectivity index (χ3v) is 20.7. The fraction of sp³-hybridized carbons (Fsp3) is 0.312. The normalized spacial score (nSPS) is 18.4. The fourth-order valence-electron chi connectivity index (χ4n) is 8.99. The Morgan fingerprint density at radius 3 is 1.46 bits per heavy atom. The SMILES string of the molecule is CC1C=C(C(C)(C)C)C=[C]1[Zr+2](=[C](c1cccc(C(F)(F)F)c1)c1cccc(C(F)(F)F)c1)[CH]1c2cc3c(cc2-c2cc4c(cc21)C(C)(C)C=C4)C=CC3(C)C.[Cl-].[Cl-]. The van der Waals surface area contributed by atoms with E-state index < -0.39 is 44.7 Å². The summed E-state index contributed by atoms with van der Waals surface area (Å²) < 4.78 is 88.7. The van der Waals surface area contributed by atoms with Crippen LogP contribution >= 0.6 is 0 Å². The second kappa shape index (κ2) is 14.5. The number of alkyl halides is 6. The minimum Gasteiger partial charge on any atom is -1.00 e. The van der Waals surface area contributed by atoms with Crippen molar-refractivity contribution in [3.8, 4) is 11.1 Å². The average molecular weight is 897 g/mol. The summed E-state index contributed by atoms with van der Waals surface area (Å²) in [7, 11) is 0. The van der Waals surface area contributed by atoms with Gasteiger partial charge in [-0.15, -0.1) is 0 Å². The van der Waals surface area contributed by atoms with Gasteiger partial charge in [-0.2, -0.15) is 0 Å². The molecule has 0 saturated carbocycles. The van der Waals surface area contributed by atoms with E-state index >= 15 is 0 Å². The Morgan fingerprint density at radius 1 is 0.632 bits per heavy atom. The summed E-state index contributed by atoms with van der Waals surface area (Å²) in [5, 5.41) is 0. The average Bonchev–Trinajstić information content (AvgIpc) is 3.81. The zero-order valence-electron chi connectivity index (χ0n) is 33.1. The molecule has 1 atom stereocenters. The van der Waals surface area contributed by atoms with Crippen LogP contribution in [-0.2, 0) is 44.4 Å². The topological polar surface area (TPSA) is 0 Å². The quantitative estimate of drug-likeness (QED) is 0.184. The molecule has 4 aliphatic carbocycles. The third-order valence-electron chi connectivity index (χ3n) is 12.0. The van der Waals surface area contributed by atoms with Crippen LogP contribution in [0.4, 0.5) is 26.3 Å². The van der Waals surface area contributed by atoms with Gasteiger partial charge in [0.25, 0.3) is 0 Å². The van der Waals surface area contributed by atoms with Crippen molar-refractivity contribution in [2.75, 3.05) is 0 Å². The molecule has 9 heteroatoms. The van der Waals surface area contributed by atoms with Crippen molar-refractivity contribution in [3.63, 3.8) is 0 Å². The van der Waals surface area contributed by atoms with Gasteiger partial charge in [0.05, 0.1) is 0 Å². The van der Waals surface area contributed by atoms with Crippen LogP contribution in [-0.4, -0.2) is 3.21 Å². The van der Waals surface area contributed by atoms with E-state index in [0.717, 1.165) is 66.5 Å². The van der Waals surface area contributed by atoms with Crippen LogP contribution in [0.5, 0.6) is 0 Å². The second-order valence-electron chi connectivity index (χ2n) is 17.8. The van der Waals surface area contributed by atoms with Crippen molar-refractivity contribution >= 4 is 15.4 Å². The van der Waals surface area contributed by atoms with Crippen LogP contribution in [0.25, 0.3) is 23.3 Å². The Kier molecular flexibility index (Phi) is 11.0. The van der Waals surface area contributed by atoms with Gasteiger partial charge in [-0.05, 0) is 0 Å². The smallest absolute Gasteiger partial charge is 1.00 e. The first-order valence-electron chi connectivity index (χ1n) is 18.8. The number of halogens is 8. The Balaban J connectivity index is 0.00000275. The molecule has 8 rings (SSSR count). The summed E-state index contributed by atoms with van der Waals surface area (Å²) in [5.41, 5.74) is 8.57. The van der Waals surface area contributed by atoms with E-state index in [0.29, 0.717) is 14.3 Å². The third kappa shape index (κ3) is 7.48. The van der Waals surface area contributed by atoms with Crippen molar-refractivity contribution in [3.05, 3.63) is 162 Å². The van der Waals surface area contributed by atoms with Gasteiger partial charge in [0.2, 0.25) is 0 Å². The monoisotopic (exact) mass is 894 g/mol. The Labute approximate surface area is 351 Å². The zero-order valence-corrected chi connectivity index (χ0v) is 37.0. The van der Waals surface area contributed by atoms with Crippen LogP contribution in [0.1, 0.15) is 115 Å². The summed E-state index contributed by atoms with van der Waals surface area (Å²) in [4.78, 5) is 0. The molecule has 0 bridgehead atoms. The molecule has 4 aromatic carbocycles. The molecule has 57 heavy (non-hydrogen) atoms. The van der Waals surface area contributed by atoms with Gasteiger partial charge < -0.3 is 24.8 Å². The van der Waals surface area contributed by atoms with E-state index in [1.165, 1.54) is 23.3 Å². The molecule has 4 aliphatic rings. The van der Waals surface area contributed by atoms with Gasteiger partial charge in [0, 0.05) is 0 Å². The van der Waals surface area contributed by atoms with Crippen LogP contribution in [0.2, 0.25) is 0 Å². The molecule has 0 radical (unpaired) electrons. The molecule has 0 fully saturated rings. The van der Waals surface area contributed by atoms with E-state index in [2.05, 4.69) is 116 Å². The van der Waals surface area contributed by atoms with Gasteiger partial charge in [-0.3, -0.25) is 0 Å². The van der Waals surface area contributed by atoms with E-state index in [4.69, 9.17) is 0 Å². The van der Waals surface area contributed by atoms with Crippen LogP contribution in [0.3, 0.4) is 0 Å². The fourth-order valence-corrected chi connectivity index (χ4v) is 18.4. The maximum Gasteiger partial charge on any atom is -1.00 e. The van der Waals surface area contributed by atoms with Crippen LogP contribution in [0, 0.1) is 11.3 Å². The molecular formula is C48H44Cl2F6Zr. The number of rotatable bonds is 4. The summed E-state index contributed by atoms with van der Waals surface area (Å²) in [6.07, 6.45) is 4.00. The van der Waals surface area contributed by atoms with E-state index in [1.54, 1.807) is 12.1 Å². The Hall–Kier alpha value is -3.25. The molecule has 296 valence electrons. The number of benzene rings is 4. The minimum absolute atomic E-state index is 0. The van der Waals surface area contributed by atoms with Gasteiger partial charge >= 0.3 is 329 Å². The minimum atomic E-state index is -4.63. The zero-order chi connectivity index (χ0) is 39.6. The van der Waals surface area contributed by atoms with E-state index in [-0.39, 0.29) is 50.6 Å². The summed E-state index contributed by atoms with van der Waals surface area (Å²) >= 11 is -3.83. The van der Waals surface area contributed by atoms with Crippen molar-refractivity contribution in [2.24, 2.45) is 11.3 Å². The summed E-state index contributed by atoms with van der Waals surface area (Å²) in [6.45, 7) is 17.3. The van der Waals surface area contributed by atoms with E-state index in [9.17, 15) is 26.3 Å². The molecule has 0 saturated heterocycles. The predicted octanol–water partition coefficient (Wildman–Crippen LogP) is 7.80. The largest absolute Gasteiger partial charge is 1.00 e. The molecule has 0 aromatic heterocycles. The molecule has 0 amide bonds. The molecule has 0 N–H and O–H groups in total. The first-order chi connectivity index (χ1) is 25.5. The number of hydrogen-bond acceptors (Lipinski definition) is 0. The summed E-state index contributed by atoms with van der Waals surface area (Å²) in [6, 6.07) is 19.7. The van der Waals surface area contributed by atoms with Crippen molar-refractivity contribution in [1.82, 2.24) is 0 Å². The first-order valence-corrected chi connectivity index (χ1v) is 22.7. The maximum atomic E-state index is 14.5. The standard InChI is InChI=1S/C23H21.C15H8F6.C10H15.2ClH.Zr/c1-22(2)7-5-14-10-18-16(12-20(14)22)9-17-13-21-15(11-19(17)18)6-8-23(21,3)4;16-14(17,18)12-5-1-3-10(8-12)7-11-4-2-6-13(9-11)15(19,20)21;1-8-5-6-9(7-8)10(2,3)4;;;/h5-13H,1-4H3;1-6,8-9H;6-8H,1-4H3;2*1H;/q;;;;;+2/p-2. The van der Waals surface area contributed by atoms with Gasteiger partial charge in [0.1, 0.15) is 0 Å². The Bertz CT molecular complexity index is 2330. The van der Waals surface area contributed by atoms with Crippen molar-refractivity contribution in [2.45, 2.75) is 82.2 Å². The van der Waals surface area contributed by atoms with Crippen LogP contribution < -0.4 is 24.8 Å². The van der Waals surface area contributed by atoms with Crippen molar-refractivity contribution in [1.29, 1.82) is 0 Å². The first kappa shape index (κ1) is 43.3. The summed E-state index contributed by atoms with van der Waals surface area (Å²) in [5.74, 6) is -0.0530. The number of fused-ring (bicyclic) bond motifs is 5. The molecule has 4 aromatic rings. The molecular weight excluding hydrogens is 853 g/mol. The molecule has 0 heterocycles. The maximum absolute atomic E-state index is 14.5. The Morgan fingerprint density at radius 2 is 1.07 bits per heavy atom. The molecule has 0 spiro atoms. The van der Waals surface area contributed by atoms with Gasteiger partial charge in [-0.25, -0.2) is 0 Å². The van der Waals surface area contributed by atoms with E-state index in [1.807, 2.05) is 0 Å². The van der Waals surface area contributed by atoms with Gasteiger partial charge in [-0.1, -0.05) is 0 Å². The molecule has 1 unspecified atom stereocenters. The number of allylic oxidation sites excluding steroid dienone is 6. The van der Waals surface area contributed by atoms with Gasteiger partial charge in [0.15, 0.2) is 0 Å². The molecule has 0 aliphatic heterocycles. The second-order valence-corrected chi connectivity index (χ2v) is 23.9. The molecule has 0 nitrogen and oxygen atoms in total. The predicted molar refractivity (Wildman–Crippen MR) is 209 cm³/mol. The van der Waals surface area contributed by atoms with Crippen molar-refractivity contribution < 1.29 is 72.4 Å².